The molecule has 1 atom stereocenters. The minimum absolute atomic E-state index is 0. The Hall–Kier alpha value is -2.55. The summed E-state index contributed by atoms with van der Waals surface area (Å²) in [7, 11) is 1.77. The van der Waals surface area contributed by atoms with Crippen molar-refractivity contribution in [2.24, 2.45) is 4.99 Å². The number of aromatic nitrogens is 1. The summed E-state index contributed by atoms with van der Waals surface area (Å²) in [5.74, 6) is 0.980. The molecule has 6 nitrogen and oxygen atoms in total. The van der Waals surface area contributed by atoms with Crippen LogP contribution in [0.5, 0.6) is 0 Å². The summed E-state index contributed by atoms with van der Waals surface area (Å²) in [6, 6.07) is 18.6. The summed E-state index contributed by atoms with van der Waals surface area (Å²) in [4.78, 5) is 16.3. The molecule has 1 aliphatic heterocycles. The fraction of sp³-hybridized carbons (Fsp3) is 0.304. The maximum absolute atomic E-state index is 12.0. The molecule has 1 aliphatic rings. The Morgan fingerprint density at radius 1 is 1.13 bits per heavy atom. The highest BCUT2D eigenvalue weighted by molar-refractivity contribution is 14.0. The summed E-state index contributed by atoms with van der Waals surface area (Å²) in [5, 5.41) is 11.0. The van der Waals surface area contributed by atoms with Gasteiger partial charge in [0.15, 0.2) is 5.96 Å². The molecule has 1 aromatic heterocycles. The average molecular weight is 517 g/mol. The minimum Gasteiger partial charge on any atom is -0.356 e. The van der Waals surface area contributed by atoms with Gasteiger partial charge in [-0.2, -0.15) is 0 Å². The van der Waals surface area contributed by atoms with Crippen molar-refractivity contribution >= 4 is 52.4 Å². The smallest absolute Gasteiger partial charge is 0.225 e. The predicted octanol–water partition coefficient (Wildman–Crippen LogP) is 3.94. The molecule has 0 saturated heterocycles. The van der Waals surface area contributed by atoms with Crippen molar-refractivity contribution in [3.8, 4) is 0 Å². The standard InChI is InChI=1S/C23H27N5O.HI/c1-24-23(25-12-6-13-28-14-11-17-7-2-5-10-21(17)28)26-16-18-15-22(29)27-20-9-4-3-8-19(18)20;/h2-5,7-11,14,18H,6,12-13,15-16H2,1H3,(H,27,29)(H2,24,25,26);1H. The first-order chi connectivity index (χ1) is 14.2. The second kappa shape index (κ2) is 10.5. The number of nitrogens with zero attached hydrogens (tertiary/aromatic N) is 2. The Bertz CT molecular complexity index is 1030. The molecule has 3 N–H and O–H groups in total. The number of aryl methyl sites for hydroxylation is 1. The van der Waals surface area contributed by atoms with E-state index in [-0.39, 0.29) is 35.8 Å². The van der Waals surface area contributed by atoms with Crippen LogP contribution in [0.4, 0.5) is 5.69 Å². The van der Waals surface area contributed by atoms with E-state index in [1.165, 1.54) is 16.5 Å². The van der Waals surface area contributed by atoms with Gasteiger partial charge in [0.2, 0.25) is 5.91 Å². The minimum atomic E-state index is 0. The number of halogens is 1. The molecule has 0 spiro atoms. The highest BCUT2D eigenvalue weighted by Crippen LogP contribution is 2.31. The van der Waals surface area contributed by atoms with Crippen LogP contribution in [0, 0.1) is 0 Å². The van der Waals surface area contributed by atoms with E-state index in [1.807, 2.05) is 18.2 Å². The molecule has 158 valence electrons. The van der Waals surface area contributed by atoms with Crippen LogP contribution in [-0.2, 0) is 11.3 Å². The quantitative estimate of drug-likeness (QED) is 0.201. The van der Waals surface area contributed by atoms with Gasteiger partial charge in [-0.05, 0) is 35.6 Å². The molecule has 0 fully saturated rings. The summed E-state index contributed by atoms with van der Waals surface area (Å²) in [6.45, 7) is 2.45. The number of carbonyl (C=O) groups is 1. The topological polar surface area (TPSA) is 70.5 Å². The van der Waals surface area contributed by atoms with Gasteiger partial charge in [0.25, 0.3) is 0 Å². The first kappa shape index (κ1) is 22.1. The zero-order chi connectivity index (χ0) is 20.1. The highest BCUT2D eigenvalue weighted by Gasteiger charge is 2.24. The third-order valence-electron chi connectivity index (χ3n) is 5.39. The normalized spacial score (nSPS) is 15.8. The molecule has 1 unspecified atom stereocenters. The van der Waals surface area contributed by atoms with Crippen molar-refractivity contribution in [3.05, 3.63) is 66.4 Å². The van der Waals surface area contributed by atoms with E-state index < -0.39 is 0 Å². The van der Waals surface area contributed by atoms with Crippen LogP contribution in [0.1, 0.15) is 24.3 Å². The Morgan fingerprint density at radius 2 is 1.93 bits per heavy atom. The van der Waals surface area contributed by atoms with Gasteiger partial charge in [-0.3, -0.25) is 9.79 Å². The van der Waals surface area contributed by atoms with Gasteiger partial charge in [-0.15, -0.1) is 24.0 Å². The Kier molecular flexibility index (Phi) is 7.73. The van der Waals surface area contributed by atoms with Crippen molar-refractivity contribution in [3.63, 3.8) is 0 Å². The van der Waals surface area contributed by atoms with E-state index in [0.29, 0.717) is 13.0 Å². The number of guanidine groups is 1. The van der Waals surface area contributed by atoms with Gasteiger partial charge in [-0.1, -0.05) is 36.4 Å². The van der Waals surface area contributed by atoms with Crippen LogP contribution < -0.4 is 16.0 Å². The van der Waals surface area contributed by atoms with Crippen molar-refractivity contribution in [2.75, 3.05) is 25.5 Å². The van der Waals surface area contributed by atoms with Gasteiger partial charge in [-0.25, -0.2) is 0 Å². The Morgan fingerprint density at radius 3 is 2.80 bits per heavy atom. The molecule has 7 heteroatoms. The molecule has 0 saturated carbocycles. The maximum Gasteiger partial charge on any atom is 0.225 e. The van der Waals surface area contributed by atoms with E-state index in [4.69, 9.17) is 0 Å². The largest absolute Gasteiger partial charge is 0.356 e. The van der Waals surface area contributed by atoms with Gasteiger partial charge in [0.1, 0.15) is 0 Å². The predicted molar refractivity (Wildman–Crippen MR) is 134 cm³/mol. The monoisotopic (exact) mass is 517 g/mol. The maximum atomic E-state index is 12.0. The van der Waals surface area contributed by atoms with Crippen LogP contribution in [-0.4, -0.2) is 36.6 Å². The second-order valence-electron chi connectivity index (χ2n) is 7.34. The number of amides is 1. The van der Waals surface area contributed by atoms with Gasteiger partial charge in [0.05, 0.1) is 0 Å². The fourth-order valence-corrected chi connectivity index (χ4v) is 3.92. The van der Waals surface area contributed by atoms with E-state index in [9.17, 15) is 4.79 Å². The van der Waals surface area contributed by atoms with E-state index in [0.717, 1.165) is 31.2 Å². The molecule has 4 rings (SSSR count). The zero-order valence-electron chi connectivity index (χ0n) is 17.1. The summed E-state index contributed by atoms with van der Waals surface area (Å²) in [5.41, 5.74) is 3.36. The van der Waals surface area contributed by atoms with Crippen LogP contribution in [0.25, 0.3) is 10.9 Å². The number of anilines is 1. The molecule has 0 radical (unpaired) electrons. The van der Waals surface area contributed by atoms with Crippen LogP contribution in [0.15, 0.2) is 65.8 Å². The van der Waals surface area contributed by atoms with Crippen molar-refractivity contribution in [1.29, 1.82) is 0 Å². The van der Waals surface area contributed by atoms with Gasteiger partial charge in [0, 0.05) is 56.4 Å². The summed E-state index contributed by atoms with van der Waals surface area (Å²) in [6.07, 6.45) is 3.62. The second-order valence-corrected chi connectivity index (χ2v) is 7.34. The lowest BCUT2D eigenvalue weighted by Gasteiger charge is -2.26. The molecular formula is C23H28IN5O. The number of nitrogens with one attached hydrogen (secondary N) is 3. The first-order valence-corrected chi connectivity index (χ1v) is 10.1. The third kappa shape index (κ3) is 5.13. The highest BCUT2D eigenvalue weighted by atomic mass is 127. The molecule has 2 heterocycles. The number of rotatable bonds is 6. The van der Waals surface area contributed by atoms with Crippen LogP contribution in [0.2, 0.25) is 0 Å². The summed E-state index contributed by atoms with van der Waals surface area (Å²) >= 11 is 0. The van der Waals surface area contributed by atoms with Crippen molar-refractivity contribution in [1.82, 2.24) is 15.2 Å². The number of hydrogen-bond donors (Lipinski definition) is 3. The number of hydrogen-bond acceptors (Lipinski definition) is 2. The zero-order valence-corrected chi connectivity index (χ0v) is 19.4. The number of benzene rings is 2. The Labute approximate surface area is 194 Å². The van der Waals surface area contributed by atoms with E-state index >= 15 is 0 Å². The third-order valence-corrected chi connectivity index (χ3v) is 5.39. The van der Waals surface area contributed by atoms with Crippen LogP contribution >= 0.6 is 24.0 Å². The number of para-hydroxylation sites is 2. The molecule has 0 aliphatic carbocycles. The van der Waals surface area contributed by atoms with E-state index in [1.54, 1.807) is 7.05 Å². The van der Waals surface area contributed by atoms with Crippen LogP contribution in [0.3, 0.4) is 0 Å². The van der Waals surface area contributed by atoms with Gasteiger partial charge < -0.3 is 20.5 Å². The lowest BCUT2D eigenvalue weighted by molar-refractivity contribution is -0.116. The Balaban J connectivity index is 0.00000256. The number of aliphatic imine (C=N–C) groups is 1. The molecule has 0 bridgehead atoms. The molecule has 1 amide bonds. The SMILES string of the molecule is CN=C(NCCCn1ccc2ccccc21)NCC1CC(=O)Nc2ccccc21.I. The number of fused-ring (bicyclic) bond motifs is 2. The van der Waals surface area contributed by atoms with Crippen molar-refractivity contribution in [2.45, 2.75) is 25.3 Å². The number of carbonyl (C=O) groups excluding carboxylic acids is 1. The van der Waals surface area contributed by atoms with E-state index in [2.05, 4.69) is 68.1 Å². The lowest BCUT2D eigenvalue weighted by Crippen LogP contribution is -2.41. The first-order valence-electron chi connectivity index (χ1n) is 10.1. The fourth-order valence-electron chi connectivity index (χ4n) is 3.92. The molecular weight excluding hydrogens is 489 g/mol. The lowest BCUT2D eigenvalue weighted by atomic mass is 9.90. The van der Waals surface area contributed by atoms with Gasteiger partial charge >= 0.3 is 0 Å². The molecule has 2 aromatic carbocycles. The molecule has 3 aromatic rings. The average Bonchev–Trinajstić information content (AvgIpc) is 3.16. The summed E-state index contributed by atoms with van der Waals surface area (Å²) < 4.78 is 2.28. The van der Waals surface area contributed by atoms with Crippen molar-refractivity contribution < 1.29 is 4.79 Å². The molecule has 30 heavy (non-hydrogen) atoms.